The Hall–Kier alpha value is -5.86. The first-order valence-corrected chi connectivity index (χ1v) is 16.7. The molecule has 0 aliphatic heterocycles. The van der Waals surface area contributed by atoms with E-state index in [1.54, 1.807) is 0 Å². The van der Waals surface area contributed by atoms with Gasteiger partial charge in [0.2, 0.25) is 0 Å². The van der Waals surface area contributed by atoms with Crippen LogP contribution in [0.5, 0.6) is 0 Å². The van der Waals surface area contributed by atoms with Crippen LogP contribution >= 0.6 is 0 Å². The average Bonchev–Trinajstić information content (AvgIpc) is 3.37. The highest BCUT2D eigenvalue weighted by Crippen LogP contribution is 2.54. The Kier molecular flexibility index (Phi) is 6.42. The third-order valence-corrected chi connectivity index (χ3v) is 10.2. The van der Waals surface area contributed by atoms with Crippen LogP contribution in [0.3, 0.4) is 0 Å². The molecule has 0 radical (unpaired) electrons. The molecule has 0 spiro atoms. The van der Waals surface area contributed by atoms with Crippen LogP contribution in [0.2, 0.25) is 0 Å². The molecule has 2 heterocycles. The zero-order valence-corrected chi connectivity index (χ0v) is 27.3. The van der Waals surface area contributed by atoms with Crippen LogP contribution in [0.1, 0.15) is 30.5 Å². The summed E-state index contributed by atoms with van der Waals surface area (Å²) in [7, 11) is 0. The maximum Gasteiger partial charge on any atom is 0.0702 e. The first-order valence-electron chi connectivity index (χ1n) is 16.7. The molecule has 0 N–H and O–H groups in total. The number of nitrogens with zero attached hydrogens (tertiary/aromatic N) is 2. The van der Waals surface area contributed by atoms with E-state index in [0.717, 1.165) is 28.1 Å². The topological polar surface area (TPSA) is 25.8 Å². The fourth-order valence-corrected chi connectivity index (χ4v) is 7.99. The number of hydrogen-bond donors (Lipinski definition) is 0. The molecule has 0 fully saturated rings. The fourth-order valence-electron chi connectivity index (χ4n) is 7.99. The summed E-state index contributed by atoms with van der Waals surface area (Å²) >= 11 is 0. The van der Waals surface area contributed by atoms with E-state index in [0.29, 0.717) is 0 Å². The van der Waals surface area contributed by atoms with Gasteiger partial charge < -0.3 is 0 Å². The lowest BCUT2D eigenvalue weighted by Gasteiger charge is -2.23. The van der Waals surface area contributed by atoms with Gasteiger partial charge in [-0.25, -0.2) is 0 Å². The van der Waals surface area contributed by atoms with E-state index in [4.69, 9.17) is 9.97 Å². The van der Waals surface area contributed by atoms with E-state index in [9.17, 15) is 0 Å². The van der Waals surface area contributed by atoms with Crippen molar-refractivity contribution in [2.75, 3.05) is 0 Å². The van der Waals surface area contributed by atoms with Crippen molar-refractivity contribution >= 4 is 21.5 Å². The van der Waals surface area contributed by atoms with Gasteiger partial charge >= 0.3 is 0 Å². The SMILES string of the molecule is Cc1ccc2c(-c3cc(-c4ccccn4)cc(-c4ccccn4)c3)c3ccccc3c(-c3cccc4c3-c3ccccc3C4(C)C)c2c1. The van der Waals surface area contributed by atoms with Crippen LogP contribution < -0.4 is 0 Å². The Balaban J connectivity index is 1.40. The summed E-state index contributed by atoms with van der Waals surface area (Å²) in [5.41, 5.74) is 15.6. The van der Waals surface area contributed by atoms with Gasteiger partial charge in [0.25, 0.3) is 0 Å². The molecule has 9 rings (SSSR count). The van der Waals surface area contributed by atoms with Gasteiger partial charge in [-0.3, -0.25) is 9.97 Å². The molecule has 0 saturated heterocycles. The van der Waals surface area contributed by atoms with Gasteiger partial charge in [-0.1, -0.05) is 116 Å². The Labute approximate surface area is 281 Å². The van der Waals surface area contributed by atoms with Crippen LogP contribution in [0.25, 0.3) is 77.4 Å². The van der Waals surface area contributed by atoms with Gasteiger partial charge in [-0.2, -0.15) is 0 Å². The molecule has 0 saturated carbocycles. The van der Waals surface area contributed by atoms with Crippen molar-refractivity contribution < 1.29 is 0 Å². The van der Waals surface area contributed by atoms with Crippen molar-refractivity contribution in [3.8, 4) is 55.9 Å². The third kappa shape index (κ3) is 4.33. The lowest BCUT2D eigenvalue weighted by molar-refractivity contribution is 0.660. The van der Waals surface area contributed by atoms with Crippen LogP contribution in [-0.2, 0) is 5.41 Å². The fraction of sp³-hybridized carbons (Fsp3) is 0.0870. The number of hydrogen-bond acceptors (Lipinski definition) is 2. The Morgan fingerprint density at radius 2 is 0.979 bits per heavy atom. The van der Waals surface area contributed by atoms with Gasteiger partial charge in [0, 0.05) is 28.9 Å². The number of fused-ring (bicyclic) bond motifs is 5. The number of pyridine rings is 2. The Morgan fingerprint density at radius 3 is 1.67 bits per heavy atom. The summed E-state index contributed by atoms with van der Waals surface area (Å²) in [6.45, 7) is 6.92. The highest BCUT2D eigenvalue weighted by molar-refractivity contribution is 6.23. The first-order chi connectivity index (χ1) is 23.5. The lowest BCUT2D eigenvalue weighted by Crippen LogP contribution is -2.14. The molecule has 0 unspecified atom stereocenters. The minimum atomic E-state index is -0.0722. The van der Waals surface area contributed by atoms with Gasteiger partial charge in [-0.05, 0) is 115 Å². The number of rotatable bonds is 4. The predicted molar refractivity (Wildman–Crippen MR) is 201 cm³/mol. The molecule has 0 bridgehead atoms. The molecule has 1 aliphatic carbocycles. The van der Waals surface area contributed by atoms with Crippen molar-refractivity contribution in [2.45, 2.75) is 26.2 Å². The van der Waals surface area contributed by atoms with Crippen LogP contribution in [0.4, 0.5) is 0 Å². The summed E-state index contributed by atoms with van der Waals surface area (Å²) in [6.07, 6.45) is 3.73. The minimum absolute atomic E-state index is 0.0722. The lowest BCUT2D eigenvalue weighted by atomic mass is 9.80. The molecule has 48 heavy (non-hydrogen) atoms. The molecular weight excluding hydrogens is 581 g/mol. The number of aromatic nitrogens is 2. The van der Waals surface area contributed by atoms with Crippen molar-refractivity contribution in [3.63, 3.8) is 0 Å². The average molecular weight is 615 g/mol. The van der Waals surface area contributed by atoms with Crippen molar-refractivity contribution in [1.82, 2.24) is 9.97 Å². The molecule has 0 amide bonds. The van der Waals surface area contributed by atoms with E-state index in [2.05, 4.69) is 148 Å². The normalized spacial score (nSPS) is 13.1. The van der Waals surface area contributed by atoms with E-state index in [1.807, 2.05) is 24.5 Å². The highest BCUT2D eigenvalue weighted by Gasteiger charge is 2.37. The standard InChI is InChI=1S/C46H34N2/c1-29-21-22-35-38(25-29)44(37-16-12-18-40-45(37)36-15-6-7-17-39(36)46(40,2)3)34-14-5-4-13-33(34)43(35)32-27-30(41-19-8-10-23-47-41)26-31(28-32)42-20-9-11-24-48-42/h4-28H,1-3H3. The summed E-state index contributed by atoms with van der Waals surface area (Å²) in [5, 5.41) is 4.99. The molecule has 2 aromatic heterocycles. The summed E-state index contributed by atoms with van der Waals surface area (Å²) < 4.78 is 0. The summed E-state index contributed by atoms with van der Waals surface area (Å²) in [4.78, 5) is 9.50. The monoisotopic (exact) mass is 614 g/mol. The van der Waals surface area contributed by atoms with Crippen molar-refractivity contribution in [1.29, 1.82) is 0 Å². The second kappa shape index (κ2) is 10.9. The van der Waals surface area contributed by atoms with Gasteiger partial charge in [0.05, 0.1) is 11.4 Å². The summed E-state index contributed by atoms with van der Waals surface area (Å²) in [6, 6.07) is 50.8. The zero-order chi connectivity index (χ0) is 32.4. The van der Waals surface area contributed by atoms with Gasteiger partial charge in [-0.15, -0.1) is 0 Å². The molecular formula is C46H34N2. The maximum atomic E-state index is 4.75. The largest absolute Gasteiger partial charge is 0.256 e. The van der Waals surface area contributed by atoms with Gasteiger partial charge in [0.15, 0.2) is 0 Å². The molecule has 228 valence electrons. The van der Waals surface area contributed by atoms with Crippen LogP contribution in [0.15, 0.2) is 152 Å². The van der Waals surface area contributed by atoms with Gasteiger partial charge in [0.1, 0.15) is 0 Å². The smallest absolute Gasteiger partial charge is 0.0702 e. The van der Waals surface area contributed by atoms with Crippen molar-refractivity contribution in [2.24, 2.45) is 0 Å². The molecule has 6 aromatic carbocycles. The van der Waals surface area contributed by atoms with E-state index < -0.39 is 0 Å². The maximum absolute atomic E-state index is 4.75. The number of aryl methyl sites for hydroxylation is 1. The molecule has 1 aliphatic rings. The Morgan fingerprint density at radius 1 is 0.417 bits per heavy atom. The molecule has 2 nitrogen and oxygen atoms in total. The minimum Gasteiger partial charge on any atom is -0.256 e. The second-order valence-corrected chi connectivity index (χ2v) is 13.5. The predicted octanol–water partition coefficient (Wildman–Crippen LogP) is 12.1. The van der Waals surface area contributed by atoms with Crippen molar-refractivity contribution in [3.05, 3.63) is 169 Å². The van der Waals surface area contributed by atoms with Crippen LogP contribution in [-0.4, -0.2) is 9.97 Å². The quantitative estimate of drug-likeness (QED) is 0.184. The first kappa shape index (κ1) is 28.4. The highest BCUT2D eigenvalue weighted by atomic mass is 14.7. The van der Waals surface area contributed by atoms with Crippen LogP contribution in [0, 0.1) is 6.92 Å². The molecule has 8 aromatic rings. The number of benzene rings is 6. The van der Waals surface area contributed by atoms with E-state index in [-0.39, 0.29) is 5.41 Å². The van der Waals surface area contributed by atoms with E-state index in [1.165, 1.54) is 66.1 Å². The second-order valence-electron chi connectivity index (χ2n) is 13.5. The Bertz CT molecular complexity index is 2470. The molecule has 2 heteroatoms. The van der Waals surface area contributed by atoms with E-state index >= 15 is 0 Å². The molecule has 0 atom stereocenters. The third-order valence-electron chi connectivity index (χ3n) is 10.2. The zero-order valence-electron chi connectivity index (χ0n) is 27.3. The summed E-state index contributed by atoms with van der Waals surface area (Å²) in [5.74, 6) is 0.